The highest BCUT2D eigenvalue weighted by Gasteiger charge is 2.26. The first-order valence-electron chi connectivity index (χ1n) is 8.30. The number of carbonyl (C=O) groups excluding carboxylic acids is 2. The Morgan fingerprint density at radius 2 is 2.04 bits per heavy atom. The number of aryl methyl sites for hydroxylation is 1. The third-order valence-electron chi connectivity index (χ3n) is 4.36. The Morgan fingerprint density at radius 3 is 2.81 bits per heavy atom. The van der Waals surface area contributed by atoms with Gasteiger partial charge in [-0.25, -0.2) is 4.98 Å². The molecule has 1 aliphatic heterocycles. The minimum Gasteiger partial charge on any atom is -0.333 e. The summed E-state index contributed by atoms with van der Waals surface area (Å²) in [5, 5.41) is 5.33. The summed E-state index contributed by atoms with van der Waals surface area (Å²) in [5.74, 6) is -0.0924. The molecule has 1 aromatic carbocycles. The van der Waals surface area contributed by atoms with Crippen LogP contribution in [0.3, 0.4) is 0 Å². The number of benzene rings is 1. The average molecular weight is 383 g/mol. The maximum Gasteiger partial charge on any atom is 0.267 e. The molecule has 132 valence electrons. The molecule has 3 aromatic rings. The molecule has 0 radical (unpaired) electrons. The number of fused-ring (bicyclic) bond motifs is 1. The summed E-state index contributed by atoms with van der Waals surface area (Å²) in [6.45, 7) is 3.13. The molecule has 1 N–H and O–H groups in total. The molecule has 0 saturated carbocycles. The first kappa shape index (κ1) is 16.9. The van der Waals surface area contributed by atoms with Gasteiger partial charge in [0, 0.05) is 23.4 Å². The van der Waals surface area contributed by atoms with Crippen LogP contribution in [0.4, 0.5) is 5.13 Å². The number of amides is 2. The quantitative estimate of drug-likeness (QED) is 0.745. The summed E-state index contributed by atoms with van der Waals surface area (Å²) in [4.78, 5) is 33.1. The van der Waals surface area contributed by atoms with E-state index in [4.69, 9.17) is 0 Å². The molecule has 1 aliphatic rings. The van der Waals surface area contributed by atoms with Gasteiger partial charge in [-0.2, -0.15) is 0 Å². The van der Waals surface area contributed by atoms with Crippen LogP contribution in [0.5, 0.6) is 0 Å². The van der Waals surface area contributed by atoms with Crippen molar-refractivity contribution in [3.8, 4) is 0 Å². The van der Waals surface area contributed by atoms with E-state index in [2.05, 4.69) is 10.3 Å². The minimum absolute atomic E-state index is 0.0475. The van der Waals surface area contributed by atoms with Gasteiger partial charge < -0.3 is 4.90 Å². The Hall–Kier alpha value is -2.51. The van der Waals surface area contributed by atoms with Crippen LogP contribution in [-0.4, -0.2) is 28.2 Å². The van der Waals surface area contributed by atoms with Crippen molar-refractivity contribution in [3.63, 3.8) is 0 Å². The van der Waals surface area contributed by atoms with Crippen molar-refractivity contribution >= 4 is 39.6 Å². The molecule has 0 saturated heterocycles. The number of nitrogens with zero attached hydrogens (tertiary/aromatic N) is 2. The Kier molecular flexibility index (Phi) is 4.57. The van der Waals surface area contributed by atoms with Gasteiger partial charge in [0.2, 0.25) is 0 Å². The predicted octanol–water partition coefficient (Wildman–Crippen LogP) is 3.96. The van der Waals surface area contributed by atoms with Crippen molar-refractivity contribution in [3.05, 3.63) is 68.4 Å². The maximum atomic E-state index is 12.8. The molecule has 0 bridgehead atoms. The van der Waals surface area contributed by atoms with Crippen molar-refractivity contribution in [2.24, 2.45) is 0 Å². The summed E-state index contributed by atoms with van der Waals surface area (Å²) in [5.41, 5.74) is 2.70. The van der Waals surface area contributed by atoms with E-state index in [1.807, 2.05) is 47.5 Å². The number of aromatic nitrogens is 1. The highest BCUT2D eigenvalue weighted by molar-refractivity contribution is 7.16. The van der Waals surface area contributed by atoms with Gasteiger partial charge in [-0.3, -0.25) is 14.9 Å². The second-order valence-corrected chi connectivity index (χ2v) is 8.14. The fourth-order valence-electron chi connectivity index (χ4n) is 2.97. The standard InChI is InChI=1S/C19H17N3O2S2/c1-12-5-2-3-6-13(12)18(24)22-9-8-14-16(11-22)26-19(20-14)21-17(23)15-7-4-10-25-15/h2-7,10H,8-9,11H2,1H3,(H,20,21,23). The summed E-state index contributed by atoms with van der Waals surface area (Å²) in [6.07, 6.45) is 0.707. The molecule has 3 heterocycles. The number of anilines is 1. The molecule has 7 heteroatoms. The van der Waals surface area contributed by atoms with Crippen LogP contribution < -0.4 is 5.32 Å². The molecule has 2 aromatic heterocycles. The summed E-state index contributed by atoms with van der Waals surface area (Å²) in [7, 11) is 0. The van der Waals surface area contributed by atoms with Crippen LogP contribution in [-0.2, 0) is 13.0 Å². The molecule has 5 nitrogen and oxygen atoms in total. The summed E-state index contributed by atoms with van der Waals surface area (Å²) >= 11 is 2.85. The zero-order chi connectivity index (χ0) is 18.1. The second-order valence-electron chi connectivity index (χ2n) is 6.11. The second kappa shape index (κ2) is 7.01. The number of rotatable bonds is 3. The smallest absolute Gasteiger partial charge is 0.267 e. The van der Waals surface area contributed by atoms with Crippen molar-refractivity contribution in [1.82, 2.24) is 9.88 Å². The lowest BCUT2D eigenvalue weighted by Gasteiger charge is -2.26. The van der Waals surface area contributed by atoms with Crippen LogP contribution in [0.25, 0.3) is 0 Å². The minimum atomic E-state index is -0.140. The molecular formula is C19H17N3O2S2. The predicted molar refractivity (Wildman–Crippen MR) is 104 cm³/mol. The van der Waals surface area contributed by atoms with E-state index in [0.717, 1.165) is 21.7 Å². The average Bonchev–Trinajstić information content (AvgIpc) is 3.30. The molecule has 0 aliphatic carbocycles. The third-order valence-corrected chi connectivity index (χ3v) is 6.23. The number of carbonyl (C=O) groups is 2. The maximum absolute atomic E-state index is 12.8. The molecular weight excluding hydrogens is 366 g/mol. The third kappa shape index (κ3) is 3.27. The normalized spacial score (nSPS) is 13.3. The SMILES string of the molecule is Cc1ccccc1C(=O)N1CCc2nc(NC(=O)c3cccs3)sc2C1. The van der Waals surface area contributed by atoms with E-state index in [0.29, 0.717) is 29.5 Å². The van der Waals surface area contributed by atoms with Gasteiger partial charge >= 0.3 is 0 Å². The highest BCUT2D eigenvalue weighted by Crippen LogP contribution is 2.29. The number of nitrogens with one attached hydrogen (secondary N) is 1. The van der Waals surface area contributed by atoms with Crippen LogP contribution in [0.2, 0.25) is 0 Å². The van der Waals surface area contributed by atoms with Gasteiger partial charge in [-0.05, 0) is 30.0 Å². The van der Waals surface area contributed by atoms with Crippen LogP contribution in [0.1, 0.15) is 36.2 Å². The number of hydrogen-bond donors (Lipinski definition) is 1. The van der Waals surface area contributed by atoms with Gasteiger partial charge in [0.25, 0.3) is 11.8 Å². The topological polar surface area (TPSA) is 62.3 Å². The van der Waals surface area contributed by atoms with Gasteiger partial charge in [0.15, 0.2) is 5.13 Å². The first-order valence-corrected chi connectivity index (χ1v) is 10.00. The van der Waals surface area contributed by atoms with Gasteiger partial charge in [-0.1, -0.05) is 35.6 Å². The molecule has 2 amide bonds. The van der Waals surface area contributed by atoms with E-state index in [1.165, 1.54) is 22.7 Å². The van der Waals surface area contributed by atoms with Gasteiger partial charge in [-0.15, -0.1) is 11.3 Å². The number of thiophene rings is 1. The summed E-state index contributed by atoms with van der Waals surface area (Å²) < 4.78 is 0. The van der Waals surface area contributed by atoms with E-state index in [-0.39, 0.29) is 11.8 Å². The molecule has 26 heavy (non-hydrogen) atoms. The lowest BCUT2D eigenvalue weighted by molar-refractivity contribution is 0.0735. The number of hydrogen-bond acceptors (Lipinski definition) is 5. The summed E-state index contributed by atoms with van der Waals surface area (Å²) in [6, 6.07) is 11.3. The zero-order valence-corrected chi connectivity index (χ0v) is 15.8. The monoisotopic (exact) mass is 383 g/mol. The molecule has 0 spiro atoms. The van der Waals surface area contributed by atoms with Crippen LogP contribution >= 0.6 is 22.7 Å². The van der Waals surface area contributed by atoms with Crippen molar-refractivity contribution < 1.29 is 9.59 Å². The van der Waals surface area contributed by atoms with Crippen LogP contribution in [0.15, 0.2) is 41.8 Å². The van der Waals surface area contributed by atoms with E-state index in [1.54, 1.807) is 6.07 Å². The van der Waals surface area contributed by atoms with Crippen molar-refractivity contribution in [1.29, 1.82) is 0 Å². The Balaban J connectivity index is 1.49. The molecule has 4 rings (SSSR count). The Bertz CT molecular complexity index is 963. The van der Waals surface area contributed by atoms with E-state index in [9.17, 15) is 9.59 Å². The van der Waals surface area contributed by atoms with Gasteiger partial charge in [0.05, 0.1) is 17.1 Å². The van der Waals surface area contributed by atoms with Gasteiger partial charge in [0.1, 0.15) is 0 Å². The van der Waals surface area contributed by atoms with E-state index >= 15 is 0 Å². The Labute approximate surface area is 159 Å². The van der Waals surface area contributed by atoms with Crippen molar-refractivity contribution in [2.75, 3.05) is 11.9 Å². The van der Waals surface area contributed by atoms with E-state index < -0.39 is 0 Å². The van der Waals surface area contributed by atoms with Crippen LogP contribution in [0, 0.1) is 6.92 Å². The highest BCUT2D eigenvalue weighted by atomic mass is 32.1. The lowest BCUT2D eigenvalue weighted by Crippen LogP contribution is -2.35. The Morgan fingerprint density at radius 1 is 1.19 bits per heavy atom. The first-order chi connectivity index (χ1) is 12.6. The molecule has 0 unspecified atom stereocenters. The largest absolute Gasteiger partial charge is 0.333 e. The molecule has 0 atom stereocenters. The molecule has 0 fully saturated rings. The fraction of sp³-hybridized carbons (Fsp3) is 0.211. The lowest BCUT2D eigenvalue weighted by atomic mass is 10.1. The van der Waals surface area contributed by atoms with Crippen molar-refractivity contribution in [2.45, 2.75) is 19.9 Å². The zero-order valence-electron chi connectivity index (χ0n) is 14.2. The fourth-order valence-corrected chi connectivity index (χ4v) is 4.61. The number of thiazole rings is 1.